The van der Waals surface area contributed by atoms with Gasteiger partial charge in [0, 0.05) is 18.7 Å². The zero-order chi connectivity index (χ0) is 21.1. The number of hydrogen-bond acceptors (Lipinski definition) is 3. The molecule has 1 aliphatic heterocycles. The number of fused-ring (bicyclic) bond motifs is 1. The van der Waals surface area contributed by atoms with Crippen LogP contribution in [0.5, 0.6) is 0 Å². The summed E-state index contributed by atoms with van der Waals surface area (Å²) in [6, 6.07) is 21.8. The van der Waals surface area contributed by atoms with Crippen LogP contribution in [0.4, 0.5) is 5.69 Å². The Morgan fingerprint density at radius 2 is 1.67 bits per heavy atom. The predicted octanol–water partition coefficient (Wildman–Crippen LogP) is 3.93. The first-order valence-corrected chi connectivity index (χ1v) is 11.5. The quantitative estimate of drug-likeness (QED) is 0.657. The van der Waals surface area contributed by atoms with Gasteiger partial charge in [-0.25, -0.2) is 8.42 Å². The number of sulfonamides is 1. The minimum Gasteiger partial charge on any atom is -0.348 e. The molecule has 0 bridgehead atoms. The van der Waals surface area contributed by atoms with Gasteiger partial charge in [0.25, 0.3) is 15.9 Å². The van der Waals surface area contributed by atoms with Gasteiger partial charge in [-0.2, -0.15) is 0 Å². The van der Waals surface area contributed by atoms with Gasteiger partial charge in [0.2, 0.25) is 0 Å². The van der Waals surface area contributed by atoms with Gasteiger partial charge in [0.05, 0.1) is 10.6 Å². The van der Waals surface area contributed by atoms with Crippen LogP contribution in [-0.2, 0) is 29.4 Å². The van der Waals surface area contributed by atoms with Crippen LogP contribution >= 0.6 is 0 Å². The fourth-order valence-corrected chi connectivity index (χ4v) is 5.15. The Kier molecular flexibility index (Phi) is 5.59. The van der Waals surface area contributed by atoms with Crippen molar-refractivity contribution in [3.63, 3.8) is 0 Å². The van der Waals surface area contributed by atoms with E-state index in [0.29, 0.717) is 30.8 Å². The lowest BCUT2D eigenvalue weighted by Crippen LogP contribution is -2.29. The molecular formula is C24H24N2O3S. The van der Waals surface area contributed by atoms with Gasteiger partial charge in [-0.1, -0.05) is 55.5 Å². The van der Waals surface area contributed by atoms with Crippen LogP contribution in [0.2, 0.25) is 0 Å². The lowest BCUT2D eigenvalue weighted by Gasteiger charge is -2.20. The van der Waals surface area contributed by atoms with Gasteiger partial charge in [-0.15, -0.1) is 0 Å². The minimum absolute atomic E-state index is 0.221. The molecule has 0 aliphatic carbocycles. The molecule has 1 amide bonds. The average Bonchev–Trinajstić information content (AvgIpc) is 3.22. The SMILES string of the molecule is CCc1ccc(CNC(=O)c2ccc3c(c2)N(S(=O)(=O)c2ccccc2)CC3)cc1. The monoisotopic (exact) mass is 420 g/mol. The van der Waals surface area contributed by atoms with E-state index in [1.54, 1.807) is 42.5 Å². The Labute approximate surface area is 177 Å². The van der Waals surface area contributed by atoms with Crippen molar-refractivity contribution in [1.29, 1.82) is 0 Å². The van der Waals surface area contributed by atoms with Crippen molar-refractivity contribution >= 4 is 21.6 Å². The second-order valence-corrected chi connectivity index (χ2v) is 9.20. The van der Waals surface area contributed by atoms with Gasteiger partial charge in [0.1, 0.15) is 0 Å². The van der Waals surface area contributed by atoms with Crippen molar-refractivity contribution in [2.45, 2.75) is 31.2 Å². The maximum atomic E-state index is 13.1. The molecular weight excluding hydrogens is 396 g/mol. The Bertz CT molecular complexity index is 1160. The number of benzene rings is 3. The van der Waals surface area contributed by atoms with Crippen LogP contribution in [-0.4, -0.2) is 20.9 Å². The Morgan fingerprint density at radius 1 is 0.967 bits per heavy atom. The van der Waals surface area contributed by atoms with E-state index >= 15 is 0 Å². The summed E-state index contributed by atoms with van der Waals surface area (Å²) < 4.78 is 27.5. The number of hydrogen-bond donors (Lipinski definition) is 1. The molecule has 0 unspecified atom stereocenters. The molecule has 0 aromatic heterocycles. The van der Waals surface area contributed by atoms with E-state index in [-0.39, 0.29) is 10.8 Å². The van der Waals surface area contributed by atoms with Crippen LogP contribution in [0.1, 0.15) is 34.0 Å². The highest BCUT2D eigenvalue weighted by atomic mass is 32.2. The number of rotatable bonds is 6. The highest BCUT2D eigenvalue weighted by Gasteiger charge is 2.31. The van der Waals surface area contributed by atoms with Gasteiger partial charge >= 0.3 is 0 Å². The smallest absolute Gasteiger partial charge is 0.264 e. The lowest BCUT2D eigenvalue weighted by molar-refractivity contribution is 0.0951. The summed E-state index contributed by atoms with van der Waals surface area (Å²) in [4.78, 5) is 12.9. The van der Waals surface area contributed by atoms with E-state index in [1.165, 1.54) is 9.87 Å². The molecule has 30 heavy (non-hydrogen) atoms. The van der Waals surface area contributed by atoms with Gasteiger partial charge < -0.3 is 5.32 Å². The Hall–Kier alpha value is -3.12. The second-order valence-electron chi connectivity index (χ2n) is 7.34. The Morgan fingerprint density at radius 3 is 2.37 bits per heavy atom. The molecule has 5 nitrogen and oxygen atoms in total. The first-order chi connectivity index (χ1) is 14.5. The standard InChI is InChI=1S/C24H24N2O3S/c1-2-18-8-10-19(11-9-18)17-25-24(27)21-13-12-20-14-15-26(23(20)16-21)30(28,29)22-6-4-3-5-7-22/h3-13,16H,2,14-15,17H2,1H3,(H,25,27). The average molecular weight is 421 g/mol. The maximum absolute atomic E-state index is 13.1. The van der Waals surface area contributed by atoms with Gasteiger partial charge in [-0.3, -0.25) is 9.10 Å². The summed E-state index contributed by atoms with van der Waals surface area (Å²) in [5.74, 6) is -0.221. The van der Waals surface area contributed by atoms with Crippen LogP contribution in [0, 0.1) is 0 Å². The van der Waals surface area contributed by atoms with Crippen LogP contribution in [0.3, 0.4) is 0 Å². The Balaban J connectivity index is 1.53. The van der Waals surface area contributed by atoms with Crippen LogP contribution < -0.4 is 9.62 Å². The van der Waals surface area contributed by atoms with Crippen LogP contribution in [0.15, 0.2) is 77.7 Å². The first-order valence-electron chi connectivity index (χ1n) is 10.1. The fourth-order valence-electron chi connectivity index (χ4n) is 3.64. The largest absolute Gasteiger partial charge is 0.348 e. The molecule has 0 fully saturated rings. The van der Waals surface area contributed by atoms with E-state index in [9.17, 15) is 13.2 Å². The van der Waals surface area contributed by atoms with E-state index in [4.69, 9.17) is 0 Å². The molecule has 4 rings (SSSR count). The van der Waals surface area contributed by atoms with Crippen molar-refractivity contribution in [3.8, 4) is 0 Å². The van der Waals surface area contributed by atoms with Gasteiger partial charge in [-0.05, 0) is 53.8 Å². The molecule has 0 saturated carbocycles. The van der Waals surface area contributed by atoms with Gasteiger partial charge in [0.15, 0.2) is 0 Å². The third-order valence-corrected chi connectivity index (χ3v) is 7.24. The number of anilines is 1. The van der Waals surface area contributed by atoms with E-state index in [0.717, 1.165) is 17.5 Å². The maximum Gasteiger partial charge on any atom is 0.264 e. The molecule has 0 atom stereocenters. The van der Waals surface area contributed by atoms with Crippen molar-refractivity contribution in [2.24, 2.45) is 0 Å². The second kappa shape index (κ2) is 8.32. The molecule has 3 aromatic carbocycles. The number of nitrogens with one attached hydrogen (secondary N) is 1. The topological polar surface area (TPSA) is 66.5 Å². The summed E-state index contributed by atoms with van der Waals surface area (Å²) in [6.45, 7) is 2.90. The zero-order valence-electron chi connectivity index (χ0n) is 16.8. The number of aryl methyl sites for hydroxylation is 1. The zero-order valence-corrected chi connectivity index (χ0v) is 17.7. The van der Waals surface area contributed by atoms with E-state index < -0.39 is 10.0 Å². The van der Waals surface area contributed by atoms with Crippen molar-refractivity contribution in [1.82, 2.24) is 5.32 Å². The number of amides is 1. The third-order valence-electron chi connectivity index (χ3n) is 5.42. The number of carbonyl (C=O) groups excluding carboxylic acids is 1. The molecule has 1 aliphatic rings. The third kappa shape index (κ3) is 3.96. The van der Waals surface area contributed by atoms with Crippen molar-refractivity contribution in [3.05, 3.63) is 95.1 Å². The van der Waals surface area contributed by atoms with Crippen LogP contribution in [0.25, 0.3) is 0 Å². The molecule has 0 saturated heterocycles. The summed E-state index contributed by atoms with van der Waals surface area (Å²) in [5.41, 5.74) is 4.24. The summed E-state index contributed by atoms with van der Waals surface area (Å²) in [6.07, 6.45) is 1.61. The fraction of sp³-hybridized carbons (Fsp3) is 0.208. The highest BCUT2D eigenvalue weighted by molar-refractivity contribution is 7.92. The molecule has 0 radical (unpaired) electrons. The summed E-state index contributed by atoms with van der Waals surface area (Å²) in [7, 11) is -3.65. The molecule has 1 N–H and O–H groups in total. The summed E-state index contributed by atoms with van der Waals surface area (Å²) >= 11 is 0. The van der Waals surface area contributed by atoms with Crippen molar-refractivity contribution < 1.29 is 13.2 Å². The molecule has 1 heterocycles. The minimum atomic E-state index is -3.65. The lowest BCUT2D eigenvalue weighted by atomic mass is 10.1. The summed E-state index contributed by atoms with van der Waals surface area (Å²) in [5, 5.41) is 2.92. The molecule has 3 aromatic rings. The first kappa shape index (κ1) is 20.2. The normalized spacial score (nSPS) is 13.2. The van der Waals surface area contributed by atoms with Crippen molar-refractivity contribution in [2.75, 3.05) is 10.8 Å². The predicted molar refractivity (Wildman–Crippen MR) is 118 cm³/mol. The molecule has 6 heteroatoms. The number of carbonyl (C=O) groups is 1. The number of nitrogens with zero attached hydrogens (tertiary/aromatic N) is 1. The highest BCUT2D eigenvalue weighted by Crippen LogP contribution is 2.33. The van der Waals surface area contributed by atoms with E-state index in [2.05, 4.69) is 24.4 Å². The molecule has 154 valence electrons. The van der Waals surface area contributed by atoms with E-state index in [1.807, 2.05) is 18.2 Å². The molecule has 0 spiro atoms.